The van der Waals surface area contributed by atoms with Gasteiger partial charge >= 0.3 is 6.18 Å². The molecule has 0 aromatic heterocycles. The van der Waals surface area contributed by atoms with Crippen molar-refractivity contribution in [3.05, 3.63) is 0 Å². The lowest BCUT2D eigenvalue weighted by atomic mass is 10.3. The number of alkyl halides is 3. The van der Waals surface area contributed by atoms with E-state index in [2.05, 4.69) is 9.73 Å². The molecule has 0 radical (unpaired) electrons. The van der Waals surface area contributed by atoms with Gasteiger partial charge in [-0.2, -0.15) is 13.2 Å². The monoisotopic (exact) mass is 168 g/mol. The van der Waals surface area contributed by atoms with Crippen LogP contribution in [0.5, 0.6) is 0 Å². The van der Waals surface area contributed by atoms with Crippen molar-refractivity contribution in [2.24, 2.45) is 10.7 Å². The largest absolute Gasteiger partial charge is 0.478 e. The Kier molecular flexibility index (Phi) is 2.03. The van der Waals surface area contributed by atoms with Gasteiger partial charge in [-0.15, -0.1) is 0 Å². The van der Waals surface area contributed by atoms with Gasteiger partial charge in [0.05, 0.1) is 6.54 Å². The average molecular weight is 168 g/mol. The Morgan fingerprint density at radius 1 is 1.55 bits per heavy atom. The molecule has 0 saturated carbocycles. The number of hydrogen-bond donors (Lipinski definition) is 1. The van der Waals surface area contributed by atoms with Crippen molar-refractivity contribution in [1.29, 1.82) is 0 Å². The molecule has 0 saturated heterocycles. The van der Waals surface area contributed by atoms with E-state index in [1.54, 1.807) is 0 Å². The van der Waals surface area contributed by atoms with E-state index in [0.717, 1.165) is 0 Å². The average Bonchev–Trinajstić information content (AvgIpc) is 2.34. The van der Waals surface area contributed by atoms with Crippen LogP contribution in [0.15, 0.2) is 4.99 Å². The number of aliphatic imine (C=N–C) groups is 1. The second-order valence-corrected chi connectivity index (χ2v) is 2.09. The van der Waals surface area contributed by atoms with Gasteiger partial charge in [-0.3, -0.25) is 4.99 Å². The molecule has 6 heteroatoms. The van der Waals surface area contributed by atoms with E-state index in [0.29, 0.717) is 0 Å². The molecule has 0 aliphatic carbocycles. The van der Waals surface area contributed by atoms with Gasteiger partial charge in [0.25, 0.3) is 0 Å². The Hall–Kier alpha value is -0.780. The first-order valence-electron chi connectivity index (χ1n) is 3.01. The van der Waals surface area contributed by atoms with E-state index in [1.807, 2.05) is 0 Å². The fourth-order valence-electron chi connectivity index (χ4n) is 0.680. The molecule has 1 aliphatic heterocycles. The molecular weight excluding hydrogens is 161 g/mol. The second-order valence-electron chi connectivity index (χ2n) is 2.09. The third-order valence-corrected chi connectivity index (χ3v) is 1.23. The van der Waals surface area contributed by atoms with Crippen molar-refractivity contribution in [3.8, 4) is 0 Å². The van der Waals surface area contributed by atoms with Crippen molar-refractivity contribution < 1.29 is 17.9 Å². The van der Waals surface area contributed by atoms with Crippen molar-refractivity contribution >= 4 is 5.90 Å². The zero-order valence-electron chi connectivity index (χ0n) is 5.56. The summed E-state index contributed by atoms with van der Waals surface area (Å²) in [5.74, 6) is -0.405. The molecule has 1 rings (SSSR count). The van der Waals surface area contributed by atoms with Crippen LogP contribution in [-0.4, -0.2) is 31.3 Å². The van der Waals surface area contributed by atoms with Gasteiger partial charge < -0.3 is 10.5 Å². The van der Waals surface area contributed by atoms with Crippen molar-refractivity contribution in [3.63, 3.8) is 0 Å². The van der Waals surface area contributed by atoms with E-state index in [1.165, 1.54) is 0 Å². The highest BCUT2D eigenvalue weighted by Crippen LogP contribution is 2.20. The van der Waals surface area contributed by atoms with Crippen LogP contribution < -0.4 is 5.73 Å². The Balaban J connectivity index is 2.60. The molecule has 1 unspecified atom stereocenters. The predicted octanol–water partition coefficient (Wildman–Crippen LogP) is 0.305. The summed E-state index contributed by atoms with van der Waals surface area (Å²) in [6.07, 6.45) is -4.46. The highest BCUT2D eigenvalue weighted by Gasteiger charge is 2.42. The Bertz CT molecular complexity index is 177. The summed E-state index contributed by atoms with van der Waals surface area (Å²) in [7, 11) is 0. The van der Waals surface area contributed by atoms with Crippen LogP contribution in [0.25, 0.3) is 0 Å². The van der Waals surface area contributed by atoms with Crippen LogP contribution in [0.1, 0.15) is 0 Å². The molecule has 1 heterocycles. The van der Waals surface area contributed by atoms with Gasteiger partial charge in [-0.05, 0) is 0 Å². The number of nitrogens with two attached hydrogens (primary N) is 1. The molecule has 64 valence electrons. The molecule has 1 aliphatic rings. The molecule has 3 nitrogen and oxygen atoms in total. The summed E-state index contributed by atoms with van der Waals surface area (Å²) in [4.78, 5) is 3.45. The molecule has 0 fully saturated rings. The zero-order valence-corrected chi connectivity index (χ0v) is 5.56. The Morgan fingerprint density at radius 2 is 2.18 bits per heavy atom. The minimum atomic E-state index is -4.46. The lowest BCUT2D eigenvalue weighted by Gasteiger charge is -2.14. The van der Waals surface area contributed by atoms with Gasteiger partial charge in [0.2, 0.25) is 5.90 Å². The minimum Gasteiger partial charge on any atom is -0.478 e. The van der Waals surface area contributed by atoms with Crippen LogP contribution >= 0.6 is 0 Å². The first kappa shape index (κ1) is 8.32. The summed E-state index contributed by atoms with van der Waals surface area (Å²) < 4.78 is 40.0. The maximum atomic E-state index is 11.8. The van der Waals surface area contributed by atoms with E-state index < -0.39 is 18.1 Å². The molecule has 11 heavy (non-hydrogen) atoms. The Morgan fingerprint density at radius 3 is 2.55 bits per heavy atom. The summed E-state index contributed by atoms with van der Waals surface area (Å²) in [6, 6.07) is -2.06. The lowest BCUT2D eigenvalue weighted by Crippen LogP contribution is -2.44. The SMILES string of the molecule is NC(C1=NCCO1)C(F)(F)F. The fraction of sp³-hybridized carbons (Fsp3) is 0.800. The molecule has 0 bridgehead atoms. The van der Waals surface area contributed by atoms with Gasteiger partial charge in [0, 0.05) is 0 Å². The number of rotatable bonds is 1. The Labute approximate surface area is 61.0 Å². The maximum Gasteiger partial charge on any atom is 0.412 e. The number of ether oxygens (including phenoxy) is 1. The number of halogens is 3. The normalized spacial score (nSPS) is 20.9. The van der Waals surface area contributed by atoms with E-state index in [-0.39, 0.29) is 13.2 Å². The topological polar surface area (TPSA) is 47.6 Å². The maximum absolute atomic E-state index is 11.8. The van der Waals surface area contributed by atoms with Crippen LogP contribution in [0.4, 0.5) is 13.2 Å². The minimum absolute atomic E-state index is 0.194. The van der Waals surface area contributed by atoms with Gasteiger partial charge in [0.1, 0.15) is 6.61 Å². The van der Waals surface area contributed by atoms with E-state index in [4.69, 9.17) is 5.73 Å². The summed E-state index contributed by atoms with van der Waals surface area (Å²) in [5, 5.41) is 0. The first-order valence-corrected chi connectivity index (χ1v) is 3.01. The highest BCUT2D eigenvalue weighted by atomic mass is 19.4. The third kappa shape index (κ3) is 1.83. The molecule has 0 aromatic rings. The smallest absolute Gasteiger partial charge is 0.412 e. The molecule has 0 spiro atoms. The van der Waals surface area contributed by atoms with Gasteiger partial charge in [0.15, 0.2) is 6.04 Å². The van der Waals surface area contributed by atoms with Gasteiger partial charge in [-0.25, -0.2) is 0 Å². The predicted molar refractivity (Wildman–Crippen MR) is 32.3 cm³/mol. The van der Waals surface area contributed by atoms with E-state index in [9.17, 15) is 13.2 Å². The van der Waals surface area contributed by atoms with E-state index >= 15 is 0 Å². The molecule has 0 aromatic carbocycles. The van der Waals surface area contributed by atoms with Crippen LogP contribution in [0, 0.1) is 0 Å². The summed E-state index contributed by atoms with van der Waals surface area (Å²) >= 11 is 0. The van der Waals surface area contributed by atoms with Crippen LogP contribution in [0.2, 0.25) is 0 Å². The molecular formula is C5H7F3N2O. The molecule has 0 amide bonds. The molecule has 1 atom stereocenters. The van der Waals surface area contributed by atoms with Gasteiger partial charge in [-0.1, -0.05) is 0 Å². The lowest BCUT2D eigenvalue weighted by molar-refractivity contribution is -0.135. The summed E-state index contributed by atoms with van der Waals surface area (Å²) in [6.45, 7) is 0.457. The first-order chi connectivity index (χ1) is 5.02. The van der Waals surface area contributed by atoms with Crippen LogP contribution in [0.3, 0.4) is 0 Å². The quantitative estimate of drug-likeness (QED) is 0.612. The van der Waals surface area contributed by atoms with Crippen LogP contribution in [-0.2, 0) is 4.74 Å². The molecule has 2 N–H and O–H groups in total. The van der Waals surface area contributed by atoms with Crippen molar-refractivity contribution in [2.75, 3.05) is 13.2 Å². The fourth-order valence-corrected chi connectivity index (χ4v) is 0.680. The number of hydrogen-bond acceptors (Lipinski definition) is 3. The second kappa shape index (κ2) is 2.69. The zero-order chi connectivity index (χ0) is 8.48. The summed E-state index contributed by atoms with van der Waals surface area (Å²) in [5.41, 5.74) is 4.78. The highest BCUT2D eigenvalue weighted by molar-refractivity contribution is 5.83. The van der Waals surface area contributed by atoms with Crippen molar-refractivity contribution in [1.82, 2.24) is 0 Å². The standard InChI is InChI=1S/C5H7F3N2O/c6-5(7,8)3(9)4-10-1-2-11-4/h3H,1-2,9H2. The number of nitrogens with zero attached hydrogens (tertiary/aromatic N) is 1. The van der Waals surface area contributed by atoms with Crippen molar-refractivity contribution in [2.45, 2.75) is 12.2 Å². The third-order valence-electron chi connectivity index (χ3n) is 1.23.